The van der Waals surface area contributed by atoms with Gasteiger partial charge in [0.25, 0.3) is 0 Å². The minimum absolute atomic E-state index is 0.166. The van der Waals surface area contributed by atoms with Gasteiger partial charge in [0, 0.05) is 13.1 Å². The molecule has 0 amide bonds. The van der Waals surface area contributed by atoms with Crippen LogP contribution in [0.15, 0.2) is 24.3 Å². The number of para-hydroxylation sites is 2. The van der Waals surface area contributed by atoms with E-state index < -0.39 is 11.7 Å². The third-order valence-corrected chi connectivity index (χ3v) is 2.44. The number of hydrogen-bond donors (Lipinski definition) is 3. The third-order valence-electron chi connectivity index (χ3n) is 2.44. The largest absolute Gasteiger partial charge is 0.493 e. The molecule has 0 heterocycles. The zero-order valence-electron chi connectivity index (χ0n) is 11.7. The SMILES string of the molecule is COc1ccccc1OCC(O)CNCC(C)(C)O. The monoisotopic (exact) mass is 269 g/mol. The molecule has 5 heteroatoms. The fourth-order valence-corrected chi connectivity index (χ4v) is 1.53. The van der Waals surface area contributed by atoms with E-state index in [9.17, 15) is 10.2 Å². The van der Waals surface area contributed by atoms with Crippen LogP contribution in [-0.2, 0) is 0 Å². The van der Waals surface area contributed by atoms with E-state index in [1.165, 1.54) is 0 Å². The molecule has 19 heavy (non-hydrogen) atoms. The molecule has 0 saturated heterocycles. The van der Waals surface area contributed by atoms with Crippen molar-refractivity contribution in [3.05, 3.63) is 24.3 Å². The number of aliphatic hydroxyl groups is 2. The summed E-state index contributed by atoms with van der Waals surface area (Å²) >= 11 is 0. The van der Waals surface area contributed by atoms with Gasteiger partial charge in [-0.15, -0.1) is 0 Å². The lowest BCUT2D eigenvalue weighted by atomic mass is 10.1. The van der Waals surface area contributed by atoms with Crippen LogP contribution < -0.4 is 14.8 Å². The zero-order valence-corrected chi connectivity index (χ0v) is 11.7. The van der Waals surface area contributed by atoms with Crippen molar-refractivity contribution in [1.82, 2.24) is 5.32 Å². The quantitative estimate of drug-likeness (QED) is 0.651. The van der Waals surface area contributed by atoms with Crippen molar-refractivity contribution in [2.75, 3.05) is 26.8 Å². The van der Waals surface area contributed by atoms with E-state index in [0.717, 1.165) is 0 Å². The van der Waals surface area contributed by atoms with Crippen LogP contribution in [0, 0.1) is 0 Å². The molecule has 1 atom stereocenters. The van der Waals surface area contributed by atoms with Gasteiger partial charge in [-0.2, -0.15) is 0 Å². The van der Waals surface area contributed by atoms with E-state index in [0.29, 0.717) is 24.6 Å². The second kappa shape index (κ2) is 7.33. The highest BCUT2D eigenvalue weighted by Crippen LogP contribution is 2.25. The van der Waals surface area contributed by atoms with E-state index in [1.54, 1.807) is 33.1 Å². The van der Waals surface area contributed by atoms with Gasteiger partial charge >= 0.3 is 0 Å². The number of hydrogen-bond acceptors (Lipinski definition) is 5. The van der Waals surface area contributed by atoms with Gasteiger partial charge in [-0.25, -0.2) is 0 Å². The van der Waals surface area contributed by atoms with Crippen molar-refractivity contribution in [2.45, 2.75) is 25.6 Å². The zero-order chi connectivity index (χ0) is 14.3. The normalized spacial score (nSPS) is 13.1. The van der Waals surface area contributed by atoms with Crippen LogP contribution in [0.3, 0.4) is 0 Å². The van der Waals surface area contributed by atoms with Crippen molar-refractivity contribution in [3.63, 3.8) is 0 Å². The van der Waals surface area contributed by atoms with Gasteiger partial charge in [-0.05, 0) is 26.0 Å². The molecule has 1 aromatic carbocycles. The Balaban J connectivity index is 2.32. The smallest absolute Gasteiger partial charge is 0.161 e. The second-order valence-corrected chi connectivity index (χ2v) is 5.06. The molecule has 0 aliphatic heterocycles. The van der Waals surface area contributed by atoms with Crippen LogP contribution in [0.2, 0.25) is 0 Å². The highest BCUT2D eigenvalue weighted by molar-refractivity contribution is 5.39. The molecule has 1 rings (SSSR count). The highest BCUT2D eigenvalue weighted by atomic mass is 16.5. The van der Waals surface area contributed by atoms with E-state index in [2.05, 4.69) is 5.32 Å². The average molecular weight is 269 g/mol. The first-order valence-electron chi connectivity index (χ1n) is 6.29. The lowest BCUT2D eigenvalue weighted by molar-refractivity contribution is 0.0662. The van der Waals surface area contributed by atoms with Gasteiger partial charge < -0.3 is 25.0 Å². The topological polar surface area (TPSA) is 71.0 Å². The standard InChI is InChI=1S/C14H23NO4/c1-14(2,17)10-15-8-11(16)9-19-13-7-5-4-6-12(13)18-3/h4-7,11,15-17H,8-10H2,1-3H3. The number of ether oxygens (including phenoxy) is 2. The molecule has 1 unspecified atom stereocenters. The van der Waals surface area contributed by atoms with Crippen molar-refractivity contribution < 1.29 is 19.7 Å². The summed E-state index contributed by atoms with van der Waals surface area (Å²) in [5, 5.41) is 22.3. The molecular formula is C14H23NO4. The fraction of sp³-hybridized carbons (Fsp3) is 0.571. The molecule has 0 fully saturated rings. The average Bonchev–Trinajstić information content (AvgIpc) is 2.35. The van der Waals surface area contributed by atoms with Crippen LogP contribution in [0.4, 0.5) is 0 Å². The summed E-state index contributed by atoms with van der Waals surface area (Å²) in [5.74, 6) is 1.24. The molecule has 0 radical (unpaired) electrons. The summed E-state index contributed by atoms with van der Waals surface area (Å²) in [5.41, 5.74) is -0.788. The van der Waals surface area contributed by atoms with E-state index >= 15 is 0 Å². The molecule has 0 aromatic heterocycles. The summed E-state index contributed by atoms with van der Waals surface area (Å²) in [4.78, 5) is 0. The van der Waals surface area contributed by atoms with Crippen LogP contribution >= 0.6 is 0 Å². The van der Waals surface area contributed by atoms with Gasteiger partial charge in [0.05, 0.1) is 12.7 Å². The van der Waals surface area contributed by atoms with Crippen LogP contribution in [0.5, 0.6) is 11.5 Å². The van der Waals surface area contributed by atoms with Crippen LogP contribution in [0.25, 0.3) is 0 Å². The Morgan fingerprint density at radius 1 is 1.26 bits per heavy atom. The summed E-state index contributed by atoms with van der Waals surface area (Å²) in [6.07, 6.45) is -0.646. The summed E-state index contributed by atoms with van der Waals surface area (Å²) in [7, 11) is 1.57. The molecule has 0 aliphatic rings. The third kappa shape index (κ3) is 6.42. The van der Waals surface area contributed by atoms with Crippen LogP contribution in [-0.4, -0.2) is 48.7 Å². The summed E-state index contributed by atoms with van der Waals surface area (Å²) < 4.78 is 10.6. The Morgan fingerprint density at radius 3 is 2.47 bits per heavy atom. The Labute approximate surface area is 114 Å². The minimum atomic E-state index is -0.788. The van der Waals surface area contributed by atoms with Crippen molar-refractivity contribution in [1.29, 1.82) is 0 Å². The first kappa shape index (κ1) is 15.8. The molecule has 1 aromatic rings. The number of benzene rings is 1. The summed E-state index contributed by atoms with van der Waals surface area (Å²) in [6, 6.07) is 7.29. The highest BCUT2D eigenvalue weighted by Gasteiger charge is 2.13. The predicted octanol–water partition coefficient (Wildman–Crippen LogP) is 0.795. The maximum absolute atomic E-state index is 9.76. The number of methoxy groups -OCH3 is 1. The van der Waals surface area contributed by atoms with Gasteiger partial charge in [-0.3, -0.25) is 0 Å². The molecule has 0 spiro atoms. The lowest BCUT2D eigenvalue weighted by Gasteiger charge is -2.20. The van der Waals surface area contributed by atoms with Crippen molar-refractivity contribution in [3.8, 4) is 11.5 Å². The van der Waals surface area contributed by atoms with Gasteiger partial charge in [0.15, 0.2) is 11.5 Å². The van der Waals surface area contributed by atoms with E-state index in [-0.39, 0.29) is 6.61 Å². The predicted molar refractivity (Wildman–Crippen MR) is 73.7 cm³/mol. The molecule has 0 saturated carbocycles. The van der Waals surface area contributed by atoms with Crippen molar-refractivity contribution in [2.24, 2.45) is 0 Å². The molecule has 0 aliphatic carbocycles. The first-order chi connectivity index (χ1) is 8.92. The molecular weight excluding hydrogens is 246 g/mol. The number of nitrogens with one attached hydrogen (secondary N) is 1. The maximum atomic E-state index is 9.76. The molecule has 0 bridgehead atoms. The number of rotatable bonds is 8. The Morgan fingerprint density at radius 2 is 1.89 bits per heavy atom. The fourth-order valence-electron chi connectivity index (χ4n) is 1.53. The molecule has 108 valence electrons. The first-order valence-corrected chi connectivity index (χ1v) is 6.29. The van der Waals surface area contributed by atoms with Gasteiger partial charge in [0.2, 0.25) is 0 Å². The minimum Gasteiger partial charge on any atom is -0.493 e. The maximum Gasteiger partial charge on any atom is 0.161 e. The number of aliphatic hydroxyl groups excluding tert-OH is 1. The second-order valence-electron chi connectivity index (χ2n) is 5.06. The van der Waals surface area contributed by atoms with E-state index in [1.807, 2.05) is 12.1 Å². The molecule has 5 nitrogen and oxygen atoms in total. The molecule has 3 N–H and O–H groups in total. The summed E-state index contributed by atoms with van der Waals surface area (Å²) in [6.45, 7) is 4.35. The van der Waals surface area contributed by atoms with Gasteiger partial charge in [-0.1, -0.05) is 12.1 Å². The Kier molecular flexibility index (Phi) is 6.08. The van der Waals surface area contributed by atoms with E-state index in [4.69, 9.17) is 9.47 Å². The lowest BCUT2D eigenvalue weighted by Crippen LogP contribution is -2.40. The van der Waals surface area contributed by atoms with Gasteiger partial charge in [0.1, 0.15) is 12.7 Å². The Hall–Kier alpha value is -1.30. The Bertz CT molecular complexity index is 376. The van der Waals surface area contributed by atoms with Crippen LogP contribution in [0.1, 0.15) is 13.8 Å². The van der Waals surface area contributed by atoms with Crippen molar-refractivity contribution >= 4 is 0 Å².